The van der Waals surface area contributed by atoms with E-state index in [1.807, 2.05) is 6.92 Å². The Labute approximate surface area is 135 Å². The van der Waals surface area contributed by atoms with Gasteiger partial charge in [-0.05, 0) is 44.9 Å². The van der Waals surface area contributed by atoms with Crippen molar-refractivity contribution in [3.8, 4) is 0 Å². The fourth-order valence-electron chi connectivity index (χ4n) is 2.56. The molecule has 0 spiro atoms. The van der Waals surface area contributed by atoms with Gasteiger partial charge in [-0.25, -0.2) is 0 Å². The highest BCUT2D eigenvalue weighted by molar-refractivity contribution is 6.44. The maximum absolute atomic E-state index is 12.3. The molecule has 21 heavy (non-hydrogen) atoms. The Morgan fingerprint density at radius 3 is 2.76 bits per heavy atom. The Morgan fingerprint density at radius 1 is 1.43 bits per heavy atom. The molecule has 3 unspecified atom stereocenters. The van der Waals surface area contributed by atoms with Crippen LogP contribution in [0.5, 0.6) is 0 Å². The van der Waals surface area contributed by atoms with Gasteiger partial charge in [-0.3, -0.25) is 9.69 Å². The summed E-state index contributed by atoms with van der Waals surface area (Å²) in [5.74, 6) is 0.111. The van der Waals surface area contributed by atoms with Gasteiger partial charge in [0.05, 0.1) is 27.9 Å². The lowest BCUT2D eigenvalue weighted by Gasteiger charge is -2.24. The van der Waals surface area contributed by atoms with Crippen LogP contribution in [0.4, 0.5) is 5.69 Å². The number of carbonyl (C=O) groups excluding carboxylic acids is 1. The molecule has 0 radical (unpaired) electrons. The summed E-state index contributed by atoms with van der Waals surface area (Å²) in [4.78, 5) is 14.4. The Balaban J connectivity index is 1.99. The molecule has 2 N–H and O–H groups in total. The van der Waals surface area contributed by atoms with Gasteiger partial charge in [0.15, 0.2) is 0 Å². The van der Waals surface area contributed by atoms with Gasteiger partial charge in [-0.15, -0.1) is 0 Å². The van der Waals surface area contributed by atoms with Gasteiger partial charge < -0.3 is 10.4 Å². The number of benzene rings is 1. The summed E-state index contributed by atoms with van der Waals surface area (Å²) in [6, 6.07) is 4.87. The average molecular weight is 331 g/mol. The third kappa shape index (κ3) is 3.89. The predicted molar refractivity (Wildman–Crippen MR) is 85.9 cm³/mol. The van der Waals surface area contributed by atoms with E-state index in [1.165, 1.54) is 0 Å². The number of halogens is 2. The molecule has 1 aliphatic heterocycles. The van der Waals surface area contributed by atoms with E-state index in [4.69, 9.17) is 23.2 Å². The van der Waals surface area contributed by atoms with Gasteiger partial charge in [-0.1, -0.05) is 29.3 Å². The molecule has 1 heterocycles. The van der Waals surface area contributed by atoms with Crippen molar-refractivity contribution < 1.29 is 9.90 Å². The van der Waals surface area contributed by atoms with Crippen LogP contribution in [0, 0.1) is 5.92 Å². The van der Waals surface area contributed by atoms with Gasteiger partial charge >= 0.3 is 0 Å². The lowest BCUT2D eigenvalue weighted by atomic mass is 10.0. The van der Waals surface area contributed by atoms with Crippen LogP contribution in [0.25, 0.3) is 0 Å². The van der Waals surface area contributed by atoms with Crippen molar-refractivity contribution in [2.45, 2.75) is 32.4 Å². The highest BCUT2D eigenvalue weighted by atomic mass is 35.5. The monoisotopic (exact) mass is 330 g/mol. The largest absolute Gasteiger partial charge is 0.393 e. The minimum atomic E-state index is -0.340. The Bertz CT molecular complexity index is 522. The molecule has 1 amide bonds. The van der Waals surface area contributed by atoms with Crippen molar-refractivity contribution >= 4 is 34.8 Å². The molecular weight excluding hydrogens is 311 g/mol. The van der Waals surface area contributed by atoms with Crippen molar-refractivity contribution in [3.05, 3.63) is 28.2 Å². The van der Waals surface area contributed by atoms with Crippen molar-refractivity contribution in [1.82, 2.24) is 4.90 Å². The second kappa shape index (κ2) is 6.97. The van der Waals surface area contributed by atoms with Crippen molar-refractivity contribution in [2.24, 2.45) is 5.92 Å². The number of nitrogens with zero attached hydrogens (tertiary/aromatic N) is 1. The third-order valence-corrected chi connectivity index (χ3v) is 4.89. The normalized spacial score (nSPS) is 22.0. The summed E-state index contributed by atoms with van der Waals surface area (Å²) >= 11 is 12.0. The number of aliphatic hydroxyl groups is 1. The Morgan fingerprint density at radius 2 is 2.14 bits per heavy atom. The topological polar surface area (TPSA) is 52.6 Å². The quantitative estimate of drug-likeness (QED) is 0.892. The van der Waals surface area contributed by atoms with Crippen LogP contribution in [0.3, 0.4) is 0 Å². The summed E-state index contributed by atoms with van der Waals surface area (Å²) in [6.45, 7) is 5.20. The molecule has 0 bridgehead atoms. The second-order valence-electron chi connectivity index (χ2n) is 5.55. The summed E-state index contributed by atoms with van der Waals surface area (Å²) in [7, 11) is 0. The molecule has 2 rings (SSSR count). The fourth-order valence-corrected chi connectivity index (χ4v) is 2.91. The number of amides is 1. The molecule has 0 saturated carbocycles. The first-order chi connectivity index (χ1) is 9.90. The van der Waals surface area contributed by atoms with Gasteiger partial charge in [-0.2, -0.15) is 0 Å². The number of hydrogen-bond donors (Lipinski definition) is 2. The number of nitrogens with one attached hydrogen (secondary N) is 1. The SMILES string of the molecule is CC(O)C1CCN(C(C)C(=O)Nc2cccc(Cl)c2Cl)C1. The van der Waals surface area contributed by atoms with E-state index in [1.54, 1.807) is 25.1 Å². The summed E-state index contributed by atoms with van der Waals surface area (Å²) in [5, 5.41) is 13.2. The smallest absolute Gasteiger partial charge is 0.241 e. The first-order valence-electron chi connectivity index (χ1n) is 7.07. The molecule has 6 heteroatoms. The third-order valence-electron chi connectivity index (χ3n) is 4.07. The Kier molecular flexibility index (Phi) is 5.49. The summed E-state index contributed by atoms with van der Waals surface area (Å²) < 4.78 is 0. The van der Waals surface area contributed by atoms with Crippen LogP contribution >= 0.6 is 23.2 Å². The van der Waals surface area contributed by atoms with Crippen LogP contribution in [0.1, 0.15) is 20.3 Å². The van der Waals surface area contributed by atoms with E-state index in [0.717, 1.165) is 19.5 Å². The van der Waals surface area contributed by atoms with Crippen LogP contribution in [-0.2, 0) is 4.79 Å². The molecule has 4 nitrogen and oxygen atoms in total. The number of carbonyl (C=O) groups is 1. The number of hydrogen-bond acceptors (Lipinski definition) is 3. The molecule has 0 aromatic heterocycles. The maximum Gasteiger partial charge on any atom is 0.241 e. The van der Waals surface area contributed by atoms with Crippen LogP contribution in [0.2, 0.25) is 10.0 Å². The van der Waals surface area contributed by atoms with Crippen molar-refractivity contribution in [1.29, 1.82) is 0 Å². The van der Waals surface area contributed by atoms with E-state index >= 15 is 0 Å². The molecule has 1 fully saturated rings. The van der Waals surface area contributed by atoms with E-state index in [0.29, 0.717) is 15.7 Å². The second-order valence-corrected chi connectivity index (χ2v) is 6.34. The maximum atomic E-state index is 12.3. The van der Waals surface area contributed by atoms with Gasteiger partial charge in [0.25, 0.3) is 0 Å². The minimum absolute atomic E-state index is 0.120. The van der Waals surface area contributed by atoms with Crippen LogP contribution in [-0.4, -0.2) is 41.1 Å². The molecule has 1 aliphatic rings. The zero-order chi connectivity index (χ0) is 15.6. The molecule has 1 aromatic carbocycles. The first-order valence-corrected chi connectivity index (χ1v) is 7.82. The first kappa shape index (κ1) is 16.6. The van der Waals surface area contributed by atoms with Crippen LogP contribution in [0.15, 0.2) is 18.2 Å². The molecule has 3 atom stereocenters. The molecule has 1 saturated heterocycles. The van der Waals surface area contributed by atoms with Crippen molar-refractivity contribution in [2.75, 3.05) is 18.4 Å². The zero-order valence-electron chi connectivity index (χ0n) is 12.1. The average Bonchev–Trinajstić information content (AvgIpc) is 2.93. The van der Waals surface area contributed by atoms with Gasteiger partial charge in [0.1, 0.15) is 0 Å². The number of aliphatic hydroxyl groups excluding tert-OH is 1. The van der Waals surface area contributed by atoms with Gasteiger partial charge in [0.2, 0.25) is 5.91 Å². The van der Waals surface area contributed by atoms with E-state index in [-0.39, 0.29) is 24.0 Å². The minimum Gasteiger partial charge on any atom is -0.393 e. The van der Waals surface area contributed by atoms with E-state index in [9.17, 15) is 9.90 Å². The summed E-state index contributed by atoms with van der Waals surface area (Å²) in [5.41, 5.74) is 0.521. The molecule has 0 aliphatic carbocycles. The standard InChI is InChI=1S/C15H20Cl2N2O2/c1-9(19-7-6-11(8-19)10(2)20)15(21)18-13-5-3-4-12(16)14(13)17/h3-5,9-11,20H,6-8H2,1-2H3,(H,18,21). The van der Waals surface area contributed by atoms with Gasteiger partial charge in [0, 0.05) is 6.54 Å². The zero-order valence-corrected chi connectivity index (χ0v) is 13.7. The van der Waals surface area contributed by atoms with E-state index < -0.39 is 0 Å². The van der Waals surface area contributed by atoms with Crippen molar-refractivity contribution in [3.63, 3.8) is 0 Å². The summed E-state index contributed by atoms with van der Waals surface area (Å²) in [6.07, 6.45) is 0.570. The van der Waals surface area contributed by atoms with E-state index in [2.05, 4.69) is 10.2 Å². The van der Waals surface area contributed by atoms with Crippen LogP contribution < -0.4 is 5.32 Å². The fraction of sp³-hybridized carbons (Fsp3) is 0.533. The number of anilines is 1. The predicted octanol–water partition coefficient (Wildman–Crippen LogP) is 3.02. The Hall–Kier alpha value is -0.810. The molecular formula is C15H20Cl2N2O2. The number of likely N-dealkylation sites (tertiary alicyclic amines) is 1. The lowest BCUT2D eigenvalue weighted by molar-refractivity contribution is -0.120. The lowest BCUT2D eigenvalue weighted by Crippen LogP contribution is -2.41. The number of rotatable bonds is 4. The molecule has 1 aromatic rings. The highest BCUT2D eigenvalue weighted by Gasteiger charge is 2.31. The highest BCUT2D eigenvalue weighted by Crippen LogP contribution is 2.30. The molecule has 116 valence electrons.